The van der Waals surface area contributed by atoms with Gasteiger partial charge in [-0.2, -0.15) is 8.78 Å². The maximum absolute atomic E-state index is 14.8. The third-order valence-electron chi connectivity index (χ3n) is 6.58. The van der Waals surface area contributed by atoms with Crippen molar-refractivity contribution in [3.05, 3.63) is 129 Å². The Morgan fingerprint density at radius 3 is 1.65 bits per heavy atom. The molecule has 0 spiro atoms. The van der Waals surface area contributed by atoms with Gasteiger partial charge in [-0.1, -0.05) is 43.4 Å². The molecule has 0 atom stereocenters. The van der Waals surface area contributed by atoms with Crippen molar-refractivity contribution >= 4 is 0 Å². The summed E-state index contributed by atoms with van der Waals surface area (Å²) >= 11 is 0. The zero-order valence-corrected chi connectivity index (χ0v) is 24.9. The van der Waals surface area contributed by atoms with Gasteiger partial charge in [-0.15, -0.1) is 13.2 Å². The molecule has 256 valence electrons. The van der Waals surface area contributed by atoms with Crippen LogP contribution >= 0.6 is 0 Å². The molecule has 0 fully saturated rings. The van der Waals surface area contributed by atoms with Crippen LogP contribution in [0.5, 0.6) is 11.5 Å². The summed E-state index contributed by atoms with van der Waals surface area (Å²) < 4.78 is 175. The highest BCUT2D eigenvalue weighted by Gasteiger charge is 2.41. The molecular weight excluding hydrogens is 680 g/mol. The molecule has 4 aromatic rings. The molecule has 0 saturated carbocycles. The minimum Gasteiger partial charge on any atom is -0.429 e. The summed E-state index contributed by atoms with van der Waals surface area (Å²) in [5.74, 6) is -4.66. The fraction of sp³-hybridized carbons (Fsp3) is 0.200. The molecule has 0 heterocycles. The predicted molar refractivity (Wildman–Crippen MR) is 152 cm³/mol. The van der Waals surface area contributed by atoms with Gasteiger partial charge >= 0.3 is 12.5 Å². The van der Waals surface area contributed by atoms with Crippen molar-refractivity contribution < 1.29 is 62.2 Å². The van der Waals surface area contributed by atoms with Crippen molar-refractivity contribution in [2.75, 3.05) is 0 Å². The highest BCUT2D eigenvalue weighted by molar-refractivity contribution is 5.51. The van der Waals surface area contributed by atoms with Crippen molar-refractivity contribution in [3.8, 4) is 35.2 Å². The number of benzene rings is 4. The molecule has 0 saturated heterocycles. The number of halogens is 12. The summed E-state index contributed by atoms with van der Waals surface area (Å²) in [6.45, 7) is 1.92. The molecule has 0 unspecified atom stereocenters. The molecule has 0 radical (unpaired) electrons. The molecule has 4 aromatic carbocycles. The van der Waals surface area contributed by atoms with Gasteiger partial charge in [0, 0.05) is 17.2 Å². The van der Waals surface area contributed by atoms with Gasteiger partial charge in [-0.25, -0.2) is 30.7 Å². The Balaban J connectivity index is 1.50. The van der Waals surface area contributed by atoms with Crippen molar-refractivity contribution in [2.45, 2.75) is 45.1 Å². The molecule has 4 rings (SSSR count). The first-order chi connectivity index (χ1) is 23.0. The van der Waals surface area contributed by atoms with Crippen LogP contribution in [0, 0.1) is 64.4 Å². The first-order valence-corrected chi connectivity index (χ1v) is 14.1. The molecule has 0 amide bonds. The highest BCUT2D eigenvalue weighted by Crippen LogP contribution is 2.36. The normalized spacial score (nSPS) is 11.4. The van der Waals surface area contributed by atoms with E-state index in [0.29, 0.717) is 36.8 Å². The number of ether oxygens (including phenoxy) is 2. The number of aryl methyl sites for hydroxylation is 1. The van der Waals surface area contributed by atoms with Crippen LogP contribution in [-0.4, -0.2) is 6.36 Å². The maximum atomic E-state index is 14.8. The van der Waals surface area contributed by atoms with Crippen molar-refractivity contribution in [1.29, 1.82) is 0 Å². The third kappa shape index (κ3) is 9.44. The van der Waals surface area contributed by atoms with E-state index in [1.54, 1.807) is 0 Å². The molecule has 0 aliphatic heterocycles. The lowest BCUT2D eigenvalue weighted by molar-refractivity contribution is -0.276. The molecule has 0 aromatic heterocycles. The quantitative estimate of drug-likeness (QED) is 0.104. The predicted octanol–water partition coefficient (Wildman–Crippen LogP) is 10.2. The molecule has 0 bridgehead atoms. The average molecular weight is 701 g/mol. The van der Waals surface area contributed by atoms with E-state index in [0.717, 1.165) is 37.1 Å². The number of alkyl halides is 5. The lowest BCUT2D eigenvalue weighted by atomic mass is 10.0. The van der Waals surface area contributed by atoms with Crippen LogP contribution in [0.4, 0.5) is 52.7 Å². The minimum atomic E-state index is -5.39. The molecule has 0 aliphatic carbocycles. The first-order valence-electron chi connectivity index (χ1n) is 14.1. The van der Waals surface area contributed by atoms with Crippen molar-refractivity contribution in [3.63, 3.8) is 0 Å². The molecule has 49 heavy (non-hydrogen) atoms. The number of hydrogen-bond donors (Lipinski definition) is 0. The first kappa shape index (κ1) is 36.6. The van der Waals surface area contributed by atoms with Crippen molar-refractivity contribution in [1.82, 2.24) is 0 Å². The number of hydrogen-bond acceptors (Lipinski definition) is 2. The second-order valence-corrected chi connectivity index (χ2v) is 10.3. The van der Waals surface area contributed by atoms with Crippen molar-refractivity contribution in [2.24, 2.45) is 0 Å². The molecule has 2 nitrogen and oxygen atoms in total. The summed E-state index contributed by atoms with van der Waals surface area (Å²) in [7, 11) is 0. The minimum absolute atomic E-state index is 0.180. The smallest absolute Gasteiger partial charge is 0.429 e. The maximum Gasteiger partial charge on any atom is 0.573 e. The standard InChI is InChI=1S/C35H20F12O2/c1-2-3-4-5-19-14-28(39)32(29(40)15-19)34(43,44)48-23-10-9-22(25(36)18-23)8-6-20-12-26(37)24(27(38)13-20)11-7-21-16-30(41)33(31(42)17-21)49-35(45,46)47/h9-10,12-18H,2-5H2,1H3. The molecule has 0 aliphatic rings. The van der Waals surface area contributed by atoms with Gasteiger partial charge in [0.05, 0.1) is 11.1 Å². The lowest BCUT2D eigenvalue weighted by Gasteiger charge is -2.20. The Bertz CT molecular complexity index is 1930. The van der Waals surface area contributed by atoms with Crippen LogP contribution in [0.3, 0.4) is 0 Å². The Labute approximate surface area is 271 Å². The molecule has 0 N–H and O–H groups in total. The Morgan fingerprint density at radius 1 is 0.571 bits per heavy atom. The molecule has 14 heteroatoms. The number of unbranched alkanes of at least 4 members (excludes halogenated alkanes) is 2. The summed E-state index contributed by atoms with van der Waals surface area (Å²) in [4.78, 5) is 0. The SMILES string of the molecule is CCCCCc1cc(F)c(C(F)(F)Oc2ccc(C#Cc3cc(F)c(C#Cc4cc(F)c(OC(F)(F)F)c(F)c4)c(F)c3)c(F)c2)c(F)c1. The van der Waals surface area contributed by atoms with Gasteiger partial charge in [0.25, 0.3) is 0 Å². The second-order valence-electron chi connectivity index (χ2n) is 10.3. The zero-order valence-electron chi connectivity index (χ0n) is 24.9. The van der Waals surface area contributed by atoms with Gasteiger partial charge in [0.15, 0.2) is 11.6 Å². The van der Waals surface area contributed by atoms with E-state index in [1.165, 1.54) is 0 Å². The van der Waals surface area contributed by atoms with E-state index < -0.39 is 86.9 Å². The van der Waals surface area contributed by atoms with E-state index in [9.17, 15) is 52.7 Å². The number of rotatable bonds is 8. The summed E-state index contributed by atoms with van der Waals surface area (Å²) in [5.41, 5.74) is -3.79. The van der Waals surface area contributed by atoms with Crippen LogP contribution < -0.4 is 9.47 Å². The summed E-state index contributed by atoms with van der Waals surface area (Å²) in [6.07, 6.45) is -7.45. The van der Waals surface area contributed by atoms with Gasteiger partial charge in [-0.3, -0.25) is 0 Å². The van der Waals surface area contributed by atoms with Crippen LogP contribution in [-0.2, 0) is 12.5 Å². The fourth-order valence-electron chi connectivity index (χ4n) is 4.37. The monoisotopic (exact) mass is 700 g/mol. The second kappa shape index (κ2) is 14.9. The van der Waals surface area contributed by atoms with E-state index in [4.69, 9.17) is 0 Å². The largest absolute Gasteiger partial charge is 0.573 e. The lowest BCUT2D eigenvalue weighted by Crippen LogP contribution is -2.25. The topological polar surface area (TPSA) is 18.5 Å². The Hall–Kier alpha value is -5.24. The van der Waals surface area contributed by atoms with Crippen LogP contribution in [0.1, 0.15) is 59.6 Å². The fourth-order valence-corrected chi connectivity index (χ4v) is 4.37. The zero-order chi connectivity index (χ0) is 36.1. The molecular formula is C35H20F12O2. The van der Waals surface area contributed by atoms with Gasteiger partial charge < -0.3 is 9.47 Å². The Kier molecular flexibility index (Phi) is 11.1. The van der Waals surface area contributed by atoms with E-state index >= 15 is 0 Å². The van der Waals surface area contributed by atoms with E-state index in [-0.39, 0.29) is 17.5 Å². The summed E-state index contributed by atoms with van der Waals surface area (Å²) in [6, 6.07) is 5.72. The van der Waals surface area contributed by atoms with Crippen LogP contribution in [0.2, 0.25) is 0 Å². The van der Waals surface area contributed by atoms with Gasteiger partial charge in [0.2, 0.25) is 5.75 Å². The van der Waals surface area contributed by atoms with Crippen LogP contribution in [0.15, 0.2) is 54.6 Å². The van der Waals surface area contributed by atoms with E-state index in [1.807, 2.05) is 18.8 Å². The van der Waals surface area contributed by atoms with E-state index in [2.05, 4.69) is 21.3 Å². The Morgan fingerprint density at radius 2 is 1.12 bits per heavy atom. The van der Waals surface area contributed by atoms with Gasteiger partial charge in [-0.05, 0) is 66.9 Å². The average Bonchev–Trinajstić information content (AvgIpc) is 2.97. The highest BCUT2D eigenvalue weighted by atomic mass is 19.4. The summed E-state index contributed by atoms with van der Waals surface area (Å²) in [5, 5.41) is 0. The van der Waals surface area contributed by atoms with Gasteiger partial charge in [0.1, 0.15) is 40.4 Å². The third-order valence-corrected chi connectivity index (χ3v) is 6.58. The van der Waals surface area contributed by atoms with Crippen LogP contribution in [0.25, 0.3) is 0 Å².